The SMILES string of the molecule is Cc1cccc(NC(=O)N2CCS(=O)(=O)C[C@@H]2C2CC2)c1. The molecule has 1 aromatic rings. The smallest absolute Gasteiger partial charge is 0.319 e. The van der Waals surface area contributed by atoms with E-state index in [1.165, 1.54) is 0 Å². The summed E-state index contributed by atoms with van der Waals surface area (Å²) in [6.07, 6.45) is 2.04. The van der Waals surface area contributed by atoms with E-state index < -0.39 is 9.84 Å². The molecule has 114 valence electrons. The fraction of sp³-hybridized carbons (Fsp3) is 0.533. The quantitative estimate of drug-likeness (QED) is 0.909. The number of rotatable bonds is 2. The minimum absolute atomic E-state index is 0.0669. The van der Waals surface area contributed by atoms with Gasteiger partial charge < -0.3 is 10.2 Å². The van der Waals surface area contributed by atoms with E-state index in [9.17, 15) is 13.2 Å². The molecule has 1 atom stereocenters. The van der Waals surface area contributed by atoms with Crippen LogP contribution < -0.4 is 5.32 Å². The normalized spacial score (nSPS) is 24.6. The van der Waals surface area contributed by atoms with Crippen LogP contribution in [0, 0.1) is 12.8 Å². The first kappa shape index (κ1) is 14.4. The molecule has 2 amide bonds. The summed E-state index contributed by atoms with van der Waals surface area (Å²) in [5.74, 6) is 0.527. The predicted molar refractivity (Wildman–Crippen MR) is 82.1 cm³/mol. The Morgan fingerprint density at radius 1 is 1.33 bits per heavy atom. The molecule has 1 saturated carbocycles. The molecule has 1 aromatic carbocycles. The highest BCUT2D eigenvalue weighted by Crippen LogP contribution is 2.37. The maximum atomic E-state index is 12.5. The first-order chi connectivity index (χ1) is 9.94. The van der Waals surface area contributed by atoms with Gasteiger partial charge in [0.05, 0.1) is 17.5 Å². The number of carbonyl (C=O) groups is 1. The van der Waals surface area contributed by atoms with Crippen molar-refractivity contribution in [3.8, 4) is 0 Å². The van der Waals surface area contributed by atoms with Crippen molar-refractivity contribution in [2.75, 3.05) is 23.4 Å². The second kappa shape index (κ2) is 5.33. The fourth-order valence-corrected chi connectivity index (χ4v) is 4.49. The first-order valence-corrected chi connectivity index (χ1v) is 9.11. The van der Waals surface area contributed by atoms with E-state index in [4.69, 9.17) is 0 Å². The second-order valence-corrected chi connectivity index (χ2v) is 8.24. The molecule has 2 aliphatic rings. The minimum Gasteiger partial charge on any atom is -0.319 e. The highest BCUT2D eigenvalue weighted by Gasteiger charge is 2.43. The summed E-state index contributed by atoms with van der Waals surface area (Å²) < 4.78 is 23.6. The van der Waals surface area contributed by atoms with Crippen molar-refractivity contribution in [3.05, 3.63) is 29.8 Å². The van der Waals surface area contributed by atoms with Gasteiger partial charge in [-0.25, -0.2) is 13.2 Å². The summed E-state index contributed by atoms with van der Waals surface area (Å²) in [5, 5.41) is 2.88. The summed E-state index contributed by atoms with van der Waals surface area (Å²) in [5.41, 5.74) is 1.83. The molecule has 0 radical (unpaired) electrons. The molecular formula is C15H20N2O3S. The van der Waals surface area contributed by atoms with Gasteiger partial charge >= 0.3 is 6.03 Å². The molecule has 1 N–H and O–H groups in total. The Bertz CT molecular complexity index is 653. The molecule has 3 rings (SSSR count). The van der Waals surface area contributed by atoms with Gasteiger partial charge in [0.25, 0.3) is 0 Å². The van der Waals surface area contributed by atoms with E-state index in [-0.39, 0.29) is 23.6 Å². The van der Waals surface area contributed by atoms with Crippen LogP contribution in [-0.2, 0) is 9.84 Å². The number of aryl methyl sites for hydroxylation is 1. The van der Waals surface area contributed by atoms with Gasteiger partial charge in [-0.2, -0.15) is 0 Å². The van der Waals surface area contributed by atoms with Crippen LogP contribution in [0.1, 0.15) is 18.4 Å². The van der Waals surface area contributed by atoms with Crippen molar-refractivity contribution in [3.63, 3.8) is 0 Å². The van der Waals surface area contributed by atoms with Crippen molar-refractivity contribution in [1.82, 2.24) is 4.90 Å². The monoisotopic (exact) mass is 308 g/mol. The van der Waals surface area contributed by atoms with E-state index >= 15 is 0 Å². The Labute approximate surface area is 125 Å². The zero-order valence-corrected chi connectivity index (χ0v) is 12.9. The van der Waals surface area contributed by atoms with Gasteiger partial charge in [-0.3, -0.25) is 0 Å². The van der Waals surface area contributed by atoms with Crippen molar-refractivity contribution in [1.29, 1.82) is 0 Å². The molecule has 1 heterocycles. The van der Waals surface area contributed by atoms with Crippen LogP contribution in [0.5, 0.6) is 0 Å². The van der Waals surface area contributed by atoms with Crippen LogP contribution in [0.4, 0.5) is 10.5 Å². The maximum Gasteiger partial charge on any atom is 0.322 e. The molecule has 0 spiro atoms. The summed E-state index contributed by atoms with van der Waals surface area (Å²) in [7, 11) is -3.00. The lowest BCUT2D eigenvalue weighted by Crippen LogP contribution is -2.53. The molecular weight excluding hydrogens is 288 g/mol. The van der Waals surface area contributed by atoms with E-state index in [1.54, 1.807) is 4.90 Å². The molecule has 5 nitrogen and oxygen atoms in total. The molecule has 0 aromatic heterocycles. The zero-order chi connectivity index (χ0) is 15.0. The Morgan fingerprint density at radius 3 is 2.76 bits per heavy atom. The third-order valence-electron chi connectivity index (χ3n) is 4.16. The van der Waals surface area contributed by atoms with Gasteiger partial charge in [-0.05, 0) is 43.4 Å². The molecule has 21 heavy (non-hydrogen) atoms. The lowest BCUT2D eigenvalue weighted by Gasteiger charge is -2.35. The number of amides is 2. The Morgan fingerprint density at radius 2 is 2.10 bits per heavy atom. The molecule has 1 aliphatic carbocycles. The molecule has 6 heteroatoms. The van der Waals surface area contributed by atoms with E-state index in [2.05, 4.69) is 5.32 Å². The third kappa shape index (κ3) is 3.37. The topological polar surface area (TPSA) is 66.5 Å². The van der Waals surface area contributed by atoms with E-state index in [0.29, 0.717) is 12.5 Å². The standard InChI is InChI=1S/C15H20N2O3S/c1-11-3-2-4-13(9-11)16-15(18)17-7-8-21(19,20)10-14(17)12-5-6-12/h2-4,9,12,14H,5-8,10H2,1H3,(H,16,18)/t14-/m1/s1. The summed E-state index contributed by atoms with van der Waals surface area (Å²) >= 11 is 0. The highest BCUT2D eigenvalue weighted by atomic mass is 32.2. The lowest BCUT2D eigenvalue weighted by atomic mass is 10.2. The predicted octanol–water partition coefficient (Wildman–Crippen LogP) is 2.04. The average molecular weight is 308 g/mol. The van der Waals surface area contributed by atoms with Crippen LogP contribution in [0.3, 0.4) is 0 Å². The van der Waals surface area contributed by atoms with Crippen LogP contribution in [0.25, 0.3) is 0 Å². The van der Waals surface area contributed by atoms with Crippen LogP contribution in [0.15, 0.2) is 24.3 Å². The van der Waals surface area contributed by atoms with Crippen LogP contribution in [0.2, 0.25) is 0 Å². The van der Waals surface area contributed by atoms with Gasteiger partial charge in [0.2, 0.25) is 0 Å². The third-order valence-corrected chi connectivity index (χ3v) is 5.82. The zero-order valence-electron chi connectivity index (χ0n) is 12.1. The number of hydrogen-bond acceptors (Lipinski definition) is 3. The summed E-state index contributed by atoms with van der Waals surface area (Å²) in [6.45, 7) is 2.26. The number of benzene rings is 1. The number of urea groups is 1. The summed E-state index contributed by atoms with van der Waals surface area (Å²) in [6, 6.07) is 7.27. The van der Waals surface area contributed by atoms with Crippen LogP contribution >= 0.6 is 0 Å². The number of hydrogen-bond donors (Lipinski definition) is 1. The largest absolute Gasteiger partial charge is 0.322 e. The Hall–Kier alpha value is -1.56. The summed E-state index contributed by atoms with van der Waals surface area (Å²) in [4.78, 5) is 14.2. The van der Waals surface area contributed by atoms with Crippen LogP contribution in [-0.4, -0.2) is 43.4 Å². The number of anilines is 1. The number of nitrogens with one attached hydrogen (secondary N) is 1. The van der Waals surface area contributed by atoms with E-state index in [1.807, 2.05) is 31.2 Å². The van der Waals surface area contributed by atoms with Gasteiger partial charge in [0.15, 0.2) is 9.84 Å². The van der Waals surface area contributed by atoms with E-state index in [0.717, 1.165) is 24.1 Å². The fourth-order valence-electron chi connectivity index (χ4n) is 2.88. The number of carbonyl (C=O) groups excluding carboxylic acids is 1. The van der Waals surface area contributed by atoms with Gasteiger partial charge in [0.1, 0.15) is 0 Å². The van der Waals surface area contributed by atoms with Crippen molar-refractivity contribution in [2.24, 2.45) is 5.92 Å². The number of sulfone groups is 1. The molecule has 0 bridgehead atoms. The van der Waals surface area contributed by atoms with Gasteiger partial charge in [-0.1, -0.05) is 12.1 Å². The number of nitrogens with zero attached hydrogens (tertiary/aromatic N) is 1. The van der Waals surface area contributed by atoms with Gasteiger partial charge in [-0.15, -0.1) is 0 Å². The first-order valence-electron chi connectivity index (χ1n) is 7.29. The van der Waals surface area contributed by atoms with Gasteiger partial charge in [0, 0.05) is 12.2 Å². The van der Waals surface area contributed by atoms with Crippen molar-refractivity contribution < 1.29 is 13.2 Å². The lowest BCUT2D eigenvalue weighted by molar-refractivity contribution is 0.186. The van der Waals surface area contributed by atoms with Crippen molar-refractivity contribution >= 4 is 21.6 Å². The highest BCUT2D eigenvalue weighted by molar-refractivity contribution is 7.91. The molecule has 0 unspecified atom stereocenters. The Kier molecular flexibility index (Phi) is 3.65. The van der Waals surface area contributed by atoms with Crippen molar-refractivity contribution in [2.45, 2.75) is 25.8 Å². The average Bonchev–Trinajstić information content (AvgIpc) is 3.21. The molecule has 1 aliphatic heterocycles. The molecule has 1 saturated heterocycles. The minimum atomic E-state index is -3.00. The molecule has 2 fully saturated rings. The second-order valence-electron chi connectivity index (χ2n) is 6.01. The maximum absolute atomic E-state index is 12.5. The Balaban J connectivity index is 1.73.